The fourth-order valence-corrected chi connectivity index (χ4v) is 2.77. The number of imide groups is 1. The van der Waals surface area contributed by atoms with Crippen LogP contribution in [0.4, 0.5) is 11.4 Å². The molecule has 3 rings (SSSR count). The smallest absolute Gasteiger partial charge is 0.266 e. The van der Waals surface area contributed by atoms with Crippen LogP contribution in [0, 0.1) is 6.92 Å². The Hall–Kier alpha value is -2.66. The number of hydrogen-bond donors (Lipinski definition) is 1. The lowest BCUT2D eigenvalue weighted by Crippen LogP contribution is -2.30. The standard InChI is InChI=1S/C18H18N2O3/c1-11-4-6-13(19-2)9-16(11)20-17(21)14-7-5-12(10-23-3)8-15(14)18(20)22/h4-9,19H,10H2,1-3H3. The lowest BCUT2D eigenvalue weighted by atomic mass is 10.1. The molecule has 0 spiro atoms. The zero-order valence-corrected chi connectivity index (χ0v) is 13.3. The molecule has 0 aliphatic carbocycles. The van der Waals surface area contributed by atoms with Gasteiger partial charge >= 0.3 is 0 Å². The molecule has 0 fully saturated rings. The van der Waals surface area contributed by atoms with E-state index in [4.69, 9.17) is 4.74 Å². The fraction of sp³-hybridized carbons (Fsp3) is 0.222. The van der Waals surface area contributed by atoms with E-state index in [0.717, 1.165) is 16.8 Å². The van der Waals surface area contributed by atoms with Gasteiger partial charge in [0.1, 0.15) is 0 Å². The second-order valence-corrected chi connectivity index (χ2v) is 5.51. The van der Waals surface area contributed by atoms with Crippen molar-refractivity contribution in [2.45, 2.75) is 13.5 Å². The summed E-state index contributed by atoms with van der Waals surface area (Å²) in [5, 5.41) is 3.03. The van der Waals surface area contributed by atoms with Crippen LogP contribution < -0.4 is 10.2 Å². The van der Waals surface area contributed by atoms with Crippen LogP contribution in [0.5, 0.6) is 0 Å². The van der Waals surface area contributed by atoms with Crippen molar-refractivity contribution in [2.75, 3.05) is 24.4 Å². The summed E-state index contributed by atoms with van der Waals surface area (Å²) >= 11 is 0. The maximum Gasteiger partial charge on any atom is 0.266 e. The van der Waals surface area contributed by atoms with Crippen molar-refractivity contribution in [2.24, 2.45) is 0 Å². The Balaban J connectivity index is 2.06. The topological polar surface area (TPSA) is 58.6 Å². The first kappa shape index (κ1) is 15.2. The monoisotopic (exact) mass is 310 g/mol. The minimum absolute atomic E-state index is 0.287. The van der Waals surface area contributed by atoms with E-state index in [2.05, 4.69) is 5.32 Å². The maximum absolute atomic E-state index is 12.8. The molecule has 0 saturated carbocycles. The number of carbonyl (C=O) groups excluding carboxylic acids is 2. The van der Waals surface area contributed by atoms with E-state index >= 15 is 0 Å². The normalized spacial score (nSPS) is 13.4. The molecule has 2 aromatic carbocycles. The molecule has 0 radical (unpaired) electrons. The van der Waals surface area contributed by atoms with Crippen molar-refractivity contribution in [3.05, 3.63) is 58.7 Å². The minimum atomic E-state index is -0.292. The highest BCUT2D eigenvalue weighted by Crippen LogP contribution is 2.32. The number of ether oxygens (including phenoxy) is 1. The van der Waals surface area contributed by atoms with Crippen LogP contribution >= 0.6 is 0 Å². The third-order valence-corrected chi connectivity index (χ3v) is 4.00. The van der Waals surface area contributed by atoms with Gasteiger partial charge in [-0.15, -0.1) is 0 Å². The van der Waals surface area contributed by atoms with Crippen molar-refractivity contribution in [1.82, 2.24) is 0 Å². The molecule has 1 aliphatic rings. The number of carbonyl (C=O) groups is 2. The third kappa shape index (κ3) is 2.49. The summed E-state index contributed by atoms with van der Waals surface area (Å²) in [4.78, 5) is 26.7. The highest BCUT2D eigenvalue weighted by Gasteiger charge is 2.37. The Morgan fingerprint density at radius 1 is 1.04 bits per heavy atom. The molecule has 0 unspecified atom stereocenters. The Kier molecular flexibility index (Phi) is 3.88. The lowest BCUT2D eigenvalue weighted by molar-refractivity contribution is 0.0926. The largest absolute Gasteiger partial charge is 0.388 e. The van der Waals surface area contributed by atoms with E-state index in [1.54, 1.807) is 26.3 Å². The number of fused-ring (bicyclic) bond motifs is 1. The predicted octanol–water partition coefficient (Wildman–Crippen LogP) is 2.98. The van der Waals surface area contributed by atoms with Gasteiger partial charge in [-0.05, 0) is 42.3 Å². The van der Waals surface area contributed by atoms with Crippen LogP contribution in [-0.4, -0.2) is 26.0 Å². The average molecular weight is 310 g/mol. The van der Waals surface area contributed by atoms with Gasteiger partial charge in [0.15, 0.2) is 0 Å². The highest BCUT2D eigenvalue weighted by molar-refractivity contribution is 6.34. The van der Waals surface area contributed by atoms with Gasteiger partial charge in [-0.1, -0.05) is 12.1 Å². The highest BCUT2D eigenvalue weighted by atomic mass is 16.5. The molecule has 1 N–H and O–H groups in total. The van der Waals surface area contributed by atoms with Crippen molar-refractivity contribution in [3.8, 4) is 0 Å². The summed E-state index contributed by atoms with van der Waals surface area (Å²) in [5.74, 6) is -0.579. The Labute approximate surface area is 134 Å². The molecular weight excluding hydrogens is 292 g/mol. The molecule has 0 atom stereocenters. The first-order chi connectivity index (χ1) is 11.1. The van der Waals surface area contributed by atoms with Gasteiger partial charge < -0.3 is 10.1 Å². The molecule has 1 aliphatic heterocycles. The zero-order chi connectivity index (χ0) is 16.6. The van der Waals surface area contributed by atoms with Crippen molar-refractivity contribution in [3.63, 3.8) is 0 Å². The average Bonchev–Trinajstić information content (AvgIpc) is 2.80. The number of nitrogens with one attached hydrogen (secondary N) is 1. The maximum atomic E-state index is 12.8. The molecule has 5 nitrogen and oxygen atoms in total. The number of amides is 2. The van der Waals surface area contributed by atoms with Crippen LogP contribution in [0.1, 0.15) is 31.8 Å². The molecule has 2 amide bonds. The second kappa shape index (κ2) is 5.85. The van der Waals surface area contributed by atoms with Crippen molar-refractivity contribution < 1.29 is 14.3 Å². The molecule has 0 aromatic heterocycles. The van der Waals surface area contributed by atoms with E-state index in [1.165, 1.54) is 4.90 Å². The van der Waals surface area contributed by atoms with E-state index in [-0.39, 0.29) is 11.8 Å². The quantitative estimate of drug-likeness (QED) is 0.882. The molecule has 1 heterocycles. The first-order valence-corrected chi connectivity index (χ1v) is 7.36. The van der Waals surface area contributed by atoms with E-state index < -0.39 is 0 Å². The molecule has 2 aromatic rings. The van der Waals surface area contributed by atoms with Crippen molar-refractivity contribution in [1.29, 1.82) is 0 Å². The zero-order valence-electron chi connectivity index (χ0n) is 13.3. The Bertz CT molecular complexity index is 799. The summed E-state index contributed by atoms with van der Waals surface area (Å²) in [6.45, 7) is 2.29. The number of methoxy groups -OCH3 is 1. The molecule has 0 bridgehead atoms. The summed E-state index contributed by atoms with van der Waals surface area (Å²) in [5.41, 5.74) is 4.06. The van der Waals surface area contributed by atoms with E-state index in [9.17, 15) is 9.59 Å². The molecule has 118 valence electrons. The van der Waals surface area contributed by atoms with Crippen LogP contribution in [0.3, 0.4) is 0 Å². The number of hydrogen-bond acceptors (Lipinski definition) is 4. The molecule has 0 saturated heterocycles. The minimum Gasteiger partial charge on any atom is -0.388 e. The summed E-state index contributed by atoms with van der Waals surface area (Å²) in [6, 6.07) is 10.9. The van der Waals surface area contributed by atoms with Crippen LogP contribution in [0.15, 0.2) is 36.4 Å². The van der Waals surface area contributed by atoms with Gasteiger partial charge in [0.25, 0.3) is 11.8 Å². The predicted molar refractivity (Wildman–Crippen MR) is 89.0 cm³/mol. The Morgan fingerprint density at radius 3 is 2.48 bits per heavy atom. The first-order valence-electron chi connectivity index (χ1n) is 7.36. The van der Waals surface area contributed by atoms with Gasteiger partial charge in [0.2, 0.25) is 0 Å². The molecular formula is C18H18N2O3. The van der Waals surface area contributed by atoms with E-state index in [0.29, 0.717) is 23.4 Å². The summed E-state index contributed by atoms with van der Waals surface area (Å²) in [6.07, 6.45) is 0. The number of rotatable bonds is 4. The van der Waals surface area contributed by atoms with Gasteiger partial charge in [-0.25, -0.2) is 4.90 Å². The summed E-state index contributed by atoms with van der Waals surface area (Å²) in [7, 11) is 3.40. The second-order valence-electron chi connectivity index (χ2n) is 5.51. The van der Waals surface area contributed by atoms with Gasteiger partial charge in [-0.2, -0.15) is 0 Å². The van der Waals surface area contributed by atoms with Crippen LogP contribution in [-0.2, 0) is 11.3 Å². The van der Waals surface area contributed by atoms with Gasteiger partial charge in [0.05, 0.1) is 23.4 Å². The SMILES string of the molecule is CNc1ccc(C)c(N2C(=O)c3ccc(COC)cc3C2=O)c1. The third-order valence-electron chi connectivity index (χ3n) is 4.00. The number of aryl methyl sites for hydroxylation is 1. The van der Waals surface area contributed by atoms with Crippen molar-refractivity contribution >= 4 is 23.2 Å². The van der Waals surface area contributed by atoms with Gasteiger partial charge in [-0.3, -0.25) is 9.59 Å². The molecule has 23 heavy (non-hydrogen) atoms. The fourth-order valence-electron chi connectivity index (χ4n) is 2.77. The molecule has 5 heteroatoms. The number of nitrogens with zero attached hydrogens (tertiary/aromatic N) is 1. The van der Waals surface area contributed by atoms with Crippen LogP contribution in [0.25, 0.3) is 0 Å². The number of anilines is 2. The Morgan fingerprint density at radius 2 is 1.78 bits per heavy atom. The van der Waals surface area contributed by atoms with E-state index in [1.807, 2.05) is 31.2 Å². The lowest BCUT2D eigenvalue weighted by Gasteiger charge is -2.17. The van der Waals surface area contributed by atoms with Crippen LogP contribution in [0.2, 0.25) is 0 Å². The summed E-state index contributed by atoms with van der Waals surface area (Å²) < 4.78 is 5.09. The van der Waals surface area contributed by atoms with Gasteiger partial charge in [0, 0.05) is 19.8 Å². The number of benzene rings is 2.